The van der Waals surface area contributed by atoms with Crippen molar-refractivity contribution in [1.29, 1.82) is 0 Å². The van der Waals surface area contributed by atoms with E-state index in [0.717, 1.165) is 23.0 Å². The van der Waals surface area contributed by atoms with E-state index in [1.54, 1.807) is 0 Å². The van der Waals surface area contributed by atoms with Crippen molar-refractivity contribution < 1.29 is 4.79 Å². The van der Waals surface area contributed by atoms with Crippen LogP contribution in [0.4, 0.5) is 0 Å². The molecule has 0 bridgehead atoms. The quantitative estimate of drug-likeness (QED) is 0.665. The molecule has 1 rings (SSSR count). The van der Waals surface area contributed by atoms with Gasteiger partial charge in [-0.25, -0.2) is 0 Å². The van der Waals surface area contributed by atoms with Crippen LogP contribution in [-0.2, 0) is 11.3 Å². The Hall–Kier alpha value is -0.930. The molecule has 2 N–H and O–H groups in total. The first-order valence-electron chi connectivity index (χ1n) is 4.30. The molecule has 14 heavy (non-hydrogen) atoms. The van der Waals surface area contributed by atoms with Crippen LogP contribution in [0.2, 0.25) is 0 Å². The molecule has 0 aliphatic carbocycles. The van der Waals surface area contributed by atoms with Gasteiger partial charge in [-0.3, -0.25) is 4.79 Å². The first-order chi connectivity index (χ1) is 6.69. The molecule has 0 heterocycles. The maximum Gasteiger partial charge on any atom is 0.157 e. The normalized spacial score (nSPS) is 12.2. The van der Waals surface area contributed by atoms with Crippen LogP contribution in [0.1, 0.15) is 18.1 Å². The second kappa shape index (κ2) is 5.08. The van der Waals surface area contributed by atoms with Crippen molar-refractivity contribution in [2.75, 3.05) is 0 Å². The molecule has 0 aliphatic heterocycles. The van der Waals surface area contributed by atoms with Crippen molar-refractivity contribution in [2.45, 2.75) is 13.5 Å². The molecule has 0 saturated heterocycles. The molecule has 0 atom stereocenters. The fraction of sp³-hybridized carbons (Fsp3) is 0.182. The zero-order valence-corrected chi connectivity index (χ0v) is 9.54. The number of hydrogen-bond acceptors (Lipinski definition) is 2. The molecule has 0 saturated carbocycles. The topological polar surface area (TPSA) is 43.1 Å². The number of benzene rings is 1. The molecule has 0 aliphatic rings. The number of rotatable bonds is 3. The summed E-state index contributed by atoms with van der Waals surface area (Å²) in [4.78, 5) is 10.5. The third kappa shape index (κ3) is 2.53. The molecule has 2 nitrogen and oxygen atoms in total. The number of carbonyl (C=O) groups excluding carboxylic acids is 1. The molecular weight excluding hydrogens is 242 g/mol. The predicted octanol–water partition coefficient (Wildman–Crippen LogP) is 2.47. The molecule has 0 radical (unpaired) electrons. The summed E-state index contributed by atoms with van der Waals surface area (Å²) < 4.78 is 0.581. The van der Waals surface area contributed by atoms with Gasteiger partial charge in [0.25, 0.3) is 0 Å². The van der Waals surface area contributed by atoms with Gasteiger partial charge in [-0.05, 0) is 39.6 Å². The van der Waals surface area contributed by atoms with E-state index in [4.69, 9.17) is 5.73 Å². The summed E-state index contributed by atoms with van der Waals surface area (Å²) in [6, 6.07) is 7.85. The Morgan fingerprint density at radius 2 is 2.00 bits per heavy atom. The number of allylic oxidation sites excluding steroid dienone is 2. The Morgan fingerprint density at radius 1 is 1.43 bits per heavy atom. The summed E-state index contributed by atoms with van der Waals surface area (Å²) in [5, 5.41) is 0. The number of nitrogens with two attached hydrogens (primary N) is 1. The lowest BCUT2D eigenvalue weighted by molar-refractivity contribution is -0.104. The minimum Gasteiger partial charge on any atom is -0.326 e. The second-order valence-corrected chi connectivity index (χ2v) is 3.85. The summed E-state index contributed by atoms with van der Waals surface area (Å²) in [6.45, 7) is 2.44. The van der Waals surface area contributed by atoms with Crippen molar-refractivity contribution in [1.82, 2.24) is 0 Å². The van der Waals surface area contributed by atoms with Crippen molar-refractivity contribution in [2.24, 2.45) is 5.73 Å². The minimum atomic E-state index is 0.540. The van der Waals surface area contributed by atoms with Crippen LogP contribution in [0, 0.1) is 0 Å². The Balaban J connectivity index is 3.03. The van der Waals surface area contributed by atoms with Gasteiger partial charge in [0, 0.05) is 6.54 Å². The van der Waals surface area contributed by atoms with Crippen LogP contribution in [0.3, 0.4) is 0 Å². The third-order valence-corrected chi connectivity index (χ3v) is 2.87. The zero-order valence-electron chi connectivity index (χ0n) is 7.96. The highest BCUT2D eigenvalue weighted by Gasteiger charge is 2.00. The highest BCUT2D eigenvalue weighted by molar-refractivity contribution is 9.12. The van der Waals surface area contributed by atoms with Crippen molar-refractivity contribution in [3.63, 3.8) is 0 Å². The molecule has 0 aromatic heterocycles. The Labute approximate surface area is 91.9 Å². The van der Waals surface area contributed by atoms with E-state index < -0.39 is 0 Å². The highest BCUT2D eigenvalue weighted by Crippen LogP contribution is 2.20. The van der Waals surface area contributed by atoms with E-state index in [2.05, 4.69) is 15.9 Å². The van der Waals surface area contributed by atoms with Gasteiger partial charge in [-0.15, -0.1) is 0 Å². The van der Waals surface area contributed by atoms with Gasteiger partial charge in [0.2, 0.25) is 0 Å². The van der Waals surface area contributed by atoms with Gasteiger partial charge in [0.05, 0.1) is 4.48 Å². The highest BCUT2D eigenvalue weighted by atomic mass is 79.9. The van der Waals surface area contributed by atoms with Crippen molar-refractivity contribution in [3.8, 4) is 0 Å². The van der Waals surface area contributed by atoms with Gasteiger partial charge in [0.1, 0.15) is 0 Å². The summed E-state index contributed by atoms with van der Waals surface area (Å²) in [6.07, 6.45) is 0.798. The van der Waals surface area contributed by atoms with Crippen LogP contribution in [0.25, 0.3) is 5.57 Å². The molecule has 0 spiro atoms. The van der Waals surface area contributed by atoms with Gasteiger partial charge >= 0.3 is 0 Å². The molecule has 74 valence electrons. The van der Waals surface area contributed by atoms with Gasteiger partial charge in [-0.2, -0.15) is 0 Å². The predicted molar refractivity (Wildman–Crippen MR) is 61.9 cm³/mol. The average Bonchev–Trinajstić information content (AvgIpc) is 2.27. The van der Waals surface area contributed by atoms with Gasteiger partial charge in [0.15, 0.2) is 6.29 Å². The minimum absolute atomic E-state index is 0.540. The average molecular weight is 254 g/mol. The monoisotopic (exact) mass is 253 g/mol. The van der Waals surface area contributed by atoms with Crippen LogP contribution >= 0.6 is 15.9 Å². The first kappa shape index (κ1) is 11.1. The lowest BCUT2D eigenvalue weighted by atomic mass is 10.1. The molecular formula is C11H12BrNO. The van der Waals surface area contributed by atoms with Gasteiger partial charge in [-0.1, -0.05) is 24.3 Å². The molecule has 1 aromatic rings. The summed E-state index contributed by atoms with van der Waals surface area (Å²) >= 11 is 3.20. The lowest BCUT2D eigenvalue weighted by Gasteiger charge is -2.03. The number of hydrogen-bond donors (Lipinski definition) is 1. The fourth-order valence-electron chi connectivity index (χ4n) is 1.12. The zero-order chi connectivity index (χ0) is 10.6. The molecule has 1 aromatic carbocycles. The Kier molecular flexibility index (Phi) is 4.04. The van der Waals surface area contributed by atoms with E-state index in [1.165, 1.54) is 0 Å². The molecule has 0 amide bonds. The van der Waals surface area contributed by atoms with Crippen molar-refractivity contribution in [3.05, 3.63) is 39.9 Å². The SMILES string of the molecule is C/C(=C(/Br)C=O)c1ccc(CN)cc1. The summed E-state index contributed by atoms with van der Waals surface area (Å²) in [7, 11) is 0. The van der Waals surface area contributed by atoms with E-state index in [9.17, 15) is 4.79 Å². The van der Waals surface area contributed by atoms with E-state index in [1.807, 2.05) is 31.2 Å². The van der Waals surface area contributed by atoms with Crippen LogP contribution in [0.15, 0.2) is 28.7 Å². The standard InChI is InChI=1S/C11H12BrNO/c1-8(11(12)7-14)10-4-2-9(6-13)3-5-10/h2-5,7H,6,13H2,1H3/b11-8-. The molecule has 0 fully saturated rings. The van der Waals surface area contributed by atoms with Crippen molar-refractivity contribution >= 4 is 27.8 Å². The second-order valence-electron chi connectivity index (χ2n) is 2.99. The molecule has 3 heteroatoms. The largest absolute Gasteiger partial charge is 0.326 e. The van der Waals surface area contributed by atoms with E-state index >= 15 is 0 Å². The Bertz CT molecular complexity index is 354. The number of carbonyl (C=O) groups is 1. The molecule has 0 unspecified atom stereocenters. The smallest absolute Gasteiger partial charge is 0.157 e. The Morgan fingerprint density at radius 3 is 2.43 bits per heavy atom. The van der Waals surface area contributed by atoms with Crippen LogP contribution < -0.4 is 5.73 Å². The lowest BCUT2D eigenvalue weighted by Crippen LogP contribution is -1.95. The maximum atomic E-state index is 10.5. The first-order valence-corrected chi connectivity index (χ1v) is 5.09. The van der Waals surface area contributed by atoms with E-state index in [-0.39, 0.29) is 0 Å². The summed E-state index contributed by atoms with van der Waals surface area (Å²) in [5.41, 5.74) is 8.53. The van der Waals surface area contributed by atoms with Crippen LogP contribution in [0.5, 0.6) is 0 Å². The van der Waals surface area contributed by atoms with E-state index in [0.29, 0.717) is 11.0 Å². The fourth-order valence-corrected chi connectivity index (χ4v) is 1.35. The number of halogens is 1. The summed E-state index contributed by atoms with van der Waals surface area (Å²) in [5.74, 6) is 0. The maximum absolute atomic E-state index is 10.5. The number of aldehydes is 1. The van der Waals surface area contributed by atoms with Gasteiger partial charge < -0.3 is 5.73 Å². The third-order valence-electron chi connectivity index (χ3n) is 2.08. The van der Waals surface area contributed by atoms with Crippen LogP contribution in [-0.4, -0.2) is 6.29 Å².